The SMILES string of the molecule is COCCCN1C(=O)CCc2c(C)nc(CN(C)Cc3c(C)nc4c(C)cccn34)nc21. The number of nitrogens with zero attached hydrogens (tertiary/aromatic N) is 6. The summed E-state index contributed by atoms with van der Waals surface area (Å²) in [5.74, 6) is 1.63. The molecule has 1 aliphatic rings. The first kappa shape index (κ1) is 22.4. The summed E-state index contributed by atoms with van der Waals surface area (Å²) in [6, 6.07) is 4.14. The molecule has 0 aliphatic carbocycles. The fraction of sp³-hybridized carbons (Fsp3) is 0.500. The fourth-order valence-electron chi connectivity index (χ4n) is 4.42. The molecule has 0 unspecified atom stereocenters. The van der Waals surface area contributed by atoms with Gasteiger partial charge in [0.1, 0.15) is 17.3 Å². The maximum Gasteiger partial charge on any atom is 0.228 e. The number of carbonyl (C=O) groups excluding carboxylic acids is 1. The summed E-state index contributed by atoms with van der Waals surface area (Å²) in [5, 5.41) is 0. The highest BCUT2D eigenvalue weighted by Crippen LogP contribution is 2.28. The minimum Gasteiger partial charge on any atom is -0.385 e. The van der Waals surface area contributed by atoms with Crippen LogP contribution >= 0.6 is 0 Å². The Morgan fingerprint density at radius 3 is 2.69 bits per heavy atom. The molecule has 0 atom stereocenters. The first-order chi connectivity index (χ1) is 15.4. The van der Waals surface area contributed by atoms with Crippen LogP contribution in [-0.4, -0.2) is 57.5 Å². The quantitative estimate of drug-likeness (QED) is 0.506. The Morgan fingerprint density at radius 1 is 1.09 bits per heavy atom. The lowest BCUT2D eigenvalue weighted by Crippen LogP contribution is -2.38. The van der Waals surface area contributed by atoms with Gasteiger partial charge in [-0.1, -0.05) is 6.07 Å². The van der Waals surface area contributed by atoms with Gasteiger partial charge in [0.15, 0.2) is 0 Å². The van der Waals surface area contributed by atoms with Crippen molar-refractivity contribution in [3.63, 3.8) is 0 Å². The number of methoxy groups -OCH3 is 1. The van der Waals surface area contributed by atoms with Gasteiger partial charge in [-0.05, 0) is 52.3 Å². The predicted molar refractivity (Wildman–Crippen MR) is 124 cm³/mol. The number of aromatic nitrogens is 4. The van der Waals surface area contributed by atoms with Crippen LogP contribution in [0.3, 0.4) is 0 Å². The van der Waals surface area contributed by atoms with Gasteiger partial charge < -0.3 is 9.14 Å². The molecule has 1 aliphatic heterocycles. The number of anilines is 1. The molecule has 3 aromatic rings. The molecule has 1 amide bonds. The molecule has 0 bridgehead atoms. The highest BCUT2D eigenvalue weighted by molar-refractivity contribution is 5.95. The summed E-state index contributed by atoms with van der Waals surface area (Å²) in [6.45, 7) is 8.71. The van der Waals surface area contributed by atoms with Crippen molar-refractivity contribution in [3.8, 4) is 0 Å². The molecule has 8 nitrogen and oxygen atoms in total. The van der Waals surface area contributed by atoms with Crippen molar-refractivity contribution >= 4 is 17.4 Å². The number of imidazole rings is 1. The molecule has 170 valence electrons. The van der Waals surface area contributed by atoms with Crippen LogP contribution in [0, 0.1) is 20.8 Å². The van der Waals surface area contributed by atoms with E-state index in [9.17, 15) is 4.79 Å². The van der Waals surface area contributed by atoms with E-state index in [1.807, 2.05) is 11.8 Å². The van der Waals surface area contributed by atoms with Crippen LogP contribution in [0.1, 0.15) is 46.9 Å². The zero-order chi connectivity index (χ0) is 22.8. The zero-order valence-corrected chi connectivity index (χ0v) is 19.7. The third-order valence-electron chi connectivity index (χ3n) is 6.09. The predicted octanol–water partition coefficient (Wildman–Crippen LogP) is 3.00. The number of amides is 1. The van der Waals surface area contributed by atoms with E-state index in [1.54, 1.807) is 7.11 Å². The second-order valence-electron chi connectivity index (χ2n) is 8.62. The largest absolute Gasteiger partial charge is 0.385 e. The lowest BCUT2D eigenvalue weighted by atomic mass is 10.0. The van der Waals surface area contributed by atoms with Crippen molar-refractivity contribution < 1.29 is 9.53 Å². The van der Waals surface area contributed by atoms with Gasteiger partial charge in [0, 0.05) is 50.7 Å². The number of pyridine rings is 1. The van der Waals surface area contributed by atoms with Gasteiger partial charge in [-0.15, -0.1) is 0 Å². The Hall–Kier alpha value is -2.84. The summed E-state index contributed by atoms with van der Waals surface area (Å²) >= 11 is 0. The number of carbonyl (C=O) groups is 1. The number of fused-ring (bicyclic) bond motifs is 2. The van der Waals surface area contributed by atoms with Crippen LogP contribution in [0.5, 0.6) is 0 Å². The summed E-state index contributed by atoms with van der Waals surface area (Å²) < 4.78 is 7.33. The molecule has 0 aromatic carbocycles. The number of hydrogen-bond acceptors (Lipinski definition) is 6. The van der Waals surface area contributed by atoms with E-state index >= 15 is 0 Å². The van der Waals surface area contributed by atoms with Gasteiger partial charge in [0.2, 0.25) is 5.91 Å². The van der Waals surface area contributed by atoms with Crippen molar-refractivity contribution in [2.75, 3.05) is 32.2 Å². The van der Waals surface area contributed by atoms with Gasteiger partial charge in [0.25, 0.3) is 0 Å². The van der Waals surface area contributed by atoms with Crippen LogP contribution in [0.15, 0.2) is 18.3 Å². The number of ether oxygens (including phenoxy) is 1. The Morgan fingerprint density at radius 2 is 1.91 bits per heavy atom. The van der Waals surface area contributed by atoms with Crippen LogP contribution in [0.25, 0.3) is 5.65 Å². The van der Waals surface area contributed by atoms with E-state index in [-0.39, 0.29) is 5.91 Å². The molecule has 0 fully saturated rings. The fourth-order valence-corrected chi connectivity index (χ4v) is 4.42. The van der Waals surface area contributed by atoms with Crippen LogP contribution in [0.4, 0.5) is 5.82 Å². The minimum atomic E-state index is 0.128. The van der Waals surface area contributed by atoms with Crippen LogP contribution in [0.2, 0.25) is 0 Å². The lowest BCUT2D eigenvalue weighted by molar-refractivity contribution is -0.119. The first-order valence-corrected chi connectivity index (χ1v) is 11.2. The smallest absolute Gasteiger partial charge is 0.228 e. The molecule has 4 rings (SSSR count). The highest BCUT2D eigenvalue weighted by Gasteiger charge is 2.28. The number of rotatable bonds is 8. The highest BCUT2D eigenvalue weighted by atomic mass is 16.5. The van der Waals surface area contributed by atoms with Crippen LogP contribution < -0.4 is 4.90 Å². The monoisotopic (exact) mass is 436 g/mol. The molecule has 0 N–H and O–H groups in total. The standard InChI is InChI=1S/C24H32N6O2/c1-16-8-6-11-29-20(18(3)26-23(16)29)14-28(4)15-21-25-17(2)19-9-10-22(31)30(24(19)27-21)12-7-13-32-5/h6,8,11H,7,9-10,12-15H2,1-5H3. The van der Waals surface area contributed by atoms with Gasteiger partial charge in [0.05, 0.1) is 17.9 Å². The van der Waals surface area contributed by atoms with E-state index in [2.05, 4.69) is 48.5 Å². The van der Waals surface area contributed by atoms with Crippen molar-refractivity contribution in [2.45, 2.75) is 53.1 Å². The van der Waals surface area contributed by atoms with E-state index in [0.29, 0.717) is 32.5 Å². The molecule has 0 radical (unpaired) electrons. The van der Waals surface area contributed by atoms with Crippen molar-refractivity contribution in [1.29, 1.82) is 0 Å². The van der Waals surface area contributed by atoms with Crippen LogP contribution in [-0.2, 0) is 29.0 Å². The maximum absolute atomic E-state index is 12.6. The summed E-state index contributed by atoms with van der Waals surface area (Å²) in [7, 11) is 3.74. The normalized spacial score (nSPS) is 13.9. The summed E-state index contributed by atoms with van der Waals surface area (Å²) in [6.07, 6.45) is 4.06. The van der Waals surface area contributed by atoms with Crippen molar-refractivity contribution in [3.05, 3.63) is 52.4 Å². The lowest BCUT2D eigenvalue weighted by Gasteiger charge is -2.29. The Balaban J connectivity index is 1.56. The second kappa shape index (κ2) is 9.34. The van der Waals surface area contributed by atoms with Gasteiger partial charge >= 0.3 is 0 Å². The van der Waals surface area contributed by atoms with Crippen molar-refractivity contribution in [2.24, 2.45) is 0 Å². The summed E-state index contributed by atoms with van der Waals surface area (Å²) in [5.41, 5.74) is 6.41. The zero-order valence-electron chi connectivity index (χ0n) is 19.7. The summed E-state index contributed by atoms with van der Waals surface area (Å²) in [4.78, 5) is 31.0. The second-order valence-corrected chi connectivity index (χ2v) is 8.62. The number of aryl methyl sites for hydroxylation is 3. The maximum atomic E-state index is 12.6. The Bertz CT molecular complexity index is 1140. The van der Waals surface area contributed by atoms with Gasteiger partial charge in [-0.2, -0.15) is 0 Å². The van der Waals surface area contributed by atoms with Gasteiger partial charge in [-0.3, -0.25) is 14.6 Å². The average molecular weight is 437 g/mol. The molecule has 0 saturated heterocycles. The molecular formula is C24H32N6O2. The molecule has 0 spiro atoms. The van der Waals surface area contributed by atoms with E-state index in [4.69, 9.17) is 19.7 Å². The molecule has 32 heavy (non-hydrogen) atoms. The first-order valence-electron chi connectivity index (χ1n) is 11.2. The Kier molecular flexibility index (Phi) is 6.53. The molecule has 8 heteroatoms. The molecule has 4 heterocycles. The third kappa shape index (κ3) is 4.38. The molecule has 3 aromatic heterocycles. The minimum absolute atomic E-state index is 0.128. The average Bonchev–Trinajstić information content (AvgIpc) is 3.06. The van der Waals surface area contributed by atoms with E-state index in [0.717, 1.165) is 58.5 Å². The number of hydrogen-bond donors (Lipinski definition) is 0. The molecule has 0 saturated carbocycles. The topological polar surface area (TPSA) is 75.9 Å². The van der Waals surface area contributed by atoms with Gasteiger partial charge in [-0.25, -0.2) is 15.0 Å². The molecular weight excluding hydrogens is 404 g/mol. The van der Waals surface area contributed by atoms with E-state index in [1.165, 1.54) is 0 Å². The Labute approximate surface area is 189 Å². The van der Waals surface area contributed by atoms with Crippen molar-refractivity contribution in [1.82, 2.24) is 24.3 Å². The third-order valence-corrected chi connectivity index (χ3v) is 6.09. The van der Waals surface area contributed by atoms with E-state index < -0.39 is 0 Å².